The fraction of sp³-hybridized carbons (Fsp3) is 0.130. The Morgan fingerprint density at radius 1 is 1.25 bits per heavy atom. The van der Waals surface area contributed by atoms with Gasteiger partial charge in [-0.3, -0.25) is 14.9 Å². The number of nitrogens with zero attached hydrogens (tertiary/aromatic N) is 5. The van der Waals surface area contributed by atoms with Crippen molar-refractivity contribution in [2.45, 2.75) is 19.9 Å². The summed E-state index contributed by atoms with van der Waals surface area (Å²) in [6, 6.07) is 12.7. The summed E-state index contributed by atoms with van der Waals surface area (Å²) in [6.45, 7) is 2.27. The normalized spacial score (nSPS) is 11.2. The molecule has 0 saturated heterocycles. The van der Waals surface area contributed by atoms with E-state index in [0.29, 0.717) is 45.7 Å². The van der Waals surface area contributed by atoms with E-state index in [1.807, 2.05) is 31.2 Å². The lowest BCUT2D eigenvalue weighted by molar-refractivity contribution is 0.0989. The Morgan fingerprint density at radius 2 is 2.06 bits per heavy atom. The number of amides is 2. The number of furan rings is 1. The molecular weight excluding hydrogens is 552 g/mol. The Morgan fingerprint density at radius 3 is 2.78 bits per heavy atom. The average molecular weight is 570 g/mol. The molecule has 0 saturated carbocycles. The van der Waals surface area contributed by atoms with Crippen molar-refractivity contribution in [3.05, 3.63) is 74.7 Å². The molecule has 2 aromatic carbocycles. The third-order valence-corrected chi connectivity index (χ3v) is 6.63. The molecule has 0 aliphatic heterocycles. The van der Waals surface area contributed by atoms with Crippen LogP contribution in [0.25, 0.3) is 22.3 Å². The maximum Gasteiger partial charge on any atom is 0.268 e. The molecule has 13 heteroatoms. The number of nitrogens with one attached hydrogen (secondary N) is 2. The predicted molar refractivity (Wildman–Crippen MR) is 136 cm³/mol. The first-order valence-corrected chi connectivity index (χ1v) is 11.9. The van der Waals surface area contributed by atoms with Crippen molar-refractivity contribution in [1.82, 2.24) is 30.2 Å². The quantitative estimate of drug-likeness (QED) is 0.265. The largest absolute Gasteiger partial charge is 0.455 e. The number of hydrogen-bond donors (Lipinski definition) is 3. The second-order valence-corrected chi connectivity index (χ2v) is 8.95. The second kappa shape index (κ2) is 9.55. The van der Waals surface area contributed by atoms with Gasteiger partial charge in [0, 0.05) is 23.9 Å². The first-order valence-electron chi connectivity index (χ1n) is 10.8. The number of aryl methyl sites for hydroxylation is 1. The van der Waals surface area contributed by atoms with Crippen LogP contribution in [-0.2, 0) is 13.0 Å². The molecule has 3 heterocycles. The van der Waals surface area contributed by atoms with Gasteiger partial charge in [-0.15, -0.1) is 0 Å². The molecule has 0 unspecified atom stereocenters. The van der Waals surface area contributed by atoms with E-state index in [0.717, 1.165) is 10.9 Å². The molecule has 5 aromatic rings. The van der Waals surface area contributed by atoms with E-state index in [9.17, 15) is 9.59 Å². The summed E-state index contributed by atoms with van der Waals surface area (Å²) in [5.41, 5.74) is 8.17. The second-order valence-electron chi connectivity index (χ2n) is 7.80. The Labute approximate surface area is 217 Å². The molecule has 182 valence electrons. The molecule has 0 aliphatic carbocycles. The molecule has 4 N–H and O–H groups in total. The Hall–Kier alpha value is -4.03. The molecule has 2 amide bonds. The van der Waals surface area contributed by atoms with Crippen LogP contribution < -0.4 is 11.1 Å². The van der Waals surface area contributed by atoms with Gasteiger partial charge in [0.1, 0.15) is 22.9 Å². The number of carbonyl (C=O) groups excluding carboxylic acids is 2. The van der Waals surface area contributed by atoms with Gasteiger partial charge in [0.15, 0.2) is 5.15 Å². The lowest BCUT2D eigenvalue weighted by atomic mass is 10.0. The molecule has 0 radical (unpaired) electrons. The zero-order valence-corrected chi connectivity index (χ0v) is 21.1. The number of benzene rings is 2. The van der Waals surface area contributed by atoms with Crippen molar-refractivity contribution in [3.63, 3.8) is 0 Å². The summed E-state index contributed by atoms with van der Waals surface area (Å²) < 4.78 is 8.54. The van der Waals surface area contributed by atoms with Crippen LogP contribution in [0, 0.1) is 0 Å². The molecule has 11 nitrogen and oxygen atoms in total. The lowest BCUT2D eigenvalue weighted by Crippen LogP contribution is -2.19. The third kappa shape index (κ3) is 4.25. The average Bonchev–Trinajstić information content (AvgIpc) is 3.57. The smallest absolute Gasteiger partial charge is 0.268 e. The molecule has 36 heavy (non-hydrogen) atoms. The Kier molecular flexibility index (Phi) is 6.29. The summed E-state index contributed by atoms with van der Waals surface area (Å²) in [7, 11) is 0. The van der Waals surface area contributed by atoms with Crippen LogP contribution in [0.4, 0.5) is 5.95 Å². The SMILES string of the molecule is CCc1nc(Cl)c(C(N)=O)n1Cc1ccc2oc(-c3ccccc3C(=O)Nc3nnn[nH]3)c(Br)c2c1. The number of aromatic nitrogens is 6. The van der Waals surface area contributed by atoms with Gasteiger partial charge in [0.05, 0.1) is 10.0 Å². The number of rotatable bonds is 7. The highest BCUT2D eigenvalue weighted by atomic mass is 79.9. The fourth-order valence-electron chi connectivity index (χ4n) is 3.98. The zero-order valence-electron chi connectivity index (χ0n) is 18.7. The number of tetrazole rings is 1. The molecule has 0 bridgehead atoms. The van der Waals surface area contributed by atoms with Crippen molar-refractivity contribution in [3.8, 4) is 11.3 Å². The van der Waals surface area contributed by atoms with Gasteiger partial charge in [-0.1, -0.05) is 47.9 Å². The van der Waals surface area contributed by atoms with Crippen molar-refractivity contribution in [1.29, 1.82) is 0 Å². The number of fused-ring (bicyclic) bond motifs is 1. The van der Waals surface area contributed by atoms with Gasteiger partial charge in [-0.25, -0.2) is 10.1 Å². The molecule has 0 aliphatic rings. The number of anilines is 1. The van der Waals surface area contributed by atoms with Gasteiger partial charge in [0.2, 0.25) is 5.95 Å². The number of H-pyrrole nitrogens is 1. The van der Waals surface area contributed by atoms with Crippen molar-refractivity contribution in [2.24, 2.45) is 5.73 Å². The summed E-state index contributed by atoms with van der Waals surface area (Å²) in [5.74, 6) is 0.227. The minimum Gasteiger partial charge on any atom is -0.455 e. The van der Waals surface area contributed by atoms with Crippen LogP contribution in [0.15, 0.2) is 51.4 Å². The van der Waals surface area contributed by atoms with Crippen molar-refractivity contribution >= 4 is 56.3 Å². The van der Waals surface area contributed by atoms with Crippen LogP contribution in [0.3, 0.4) is 0 Å². The summed E-state index contributed by atoms with van der Waals surface area (Å²) in [6.07, 6.45) is 0.581. The molecule has 0 spiro atoms. The van der Waals surface area contributed by atoms with E-state index in [1.165, 1.54) is 0 Å². The third-order valence-electron chi connectivity index (χ3n) is 5.58. The molecule has 0 fully saturated rings. The monoisotopic (exact) mass is 568 g/mol. The number of imidazole rings is 1. The van der Waals surface area contributed by atoms with E-state index in [2.05, 4.69) is 46.9 Å². The van der Waals surface area contributed by atoms with Gasteiger partial charge in [-0.2, -0.15) is 0 Å². The van der Waals surface area contributed by atoms with Crippen LogP contribution in [0.5, 0.6) is 0 Å². The van der Waals surface area contributed by atoms with Gasteiger partial charge in [0.25, 0.3) is 11.8 Å². The van der Waals surface area contributed by atoms with Crippen LogP contribution in [0.2, 0.25) is 5.15 Å². The molecule has 3 aromatic heterocycles. The van der Waals surface area contributed by atoms with Crippen LogP contribution >= 0.6 is 27.5 Å². The number of aromatic amines is 1. The highest BCUT2D eigenvalue weighted by Gasteiger charge is 2.22. The van der Waals surface area contributed by atoms with Crippen molar-refractivity contribution in [2.75, 3.05) is 5.32 Å². The number of primary amides is 1. The Balaban J connectivity index is 1.53. The predicted octanol–water partition coefficient (Wildman–Crippen LogP) is 4.19. The van der Waals surface area contributed by atoms with Gasteiger partial charge < -0.3 is 14.7 Å². The van der Waals surface area contributed by atoms with Crippen LogP contribution in [0.1, 0.15) is 39.2 Å². The Bertz CT molecular complexity index is 1610. The topological polar surface area (TPSA) is 158 Å². The number of nitrogens with two attached hydrogens (primary N) is 1. The van der Waals surface area contributed by atoms with Gasteiger partial charge >= 0.3 is 0 Å². The number of hydrogen-bond acceptors (Lipinski definition) is 7. The summed E-state index contributed by atoms with van der Waals surface area (Å²) >= 11 is 9.81. The van der Waals surface area contributed by atoms with Crippen molar-refractivity contribution < 1.29 is 14.0 Å². The number of carbonyl (C=O) groups is 2. The maximum absolute atomic E-state index is 12.9. The molecule has 0 atom stereocenters. The zero-order chi connectivity index (χ0) is 25.4. The van der Waals surface area contributed by atoms with E-state index >= 15 is 0 Å². The fourth-order valence-corrected chi connectivity index (χ4v) is 4.87. The minimum absolute atomic E-state index is 0.0863. The lowest BCUT2D eigenvalue weighted by Gasteiger charge is -2.10. The molecule has 5 rings (SSSR count). The maximum atomic E-state index is 12.9. The van der Waals surface area contributed by atoms with E-state index in [1.54, 1.807) is 22.8 Å². The highest BCUT2D eigenvalue weighted by molar-refractivity contribution is 9.10. The number of halogens is 2. The summed E-state index contributed by atoms with van der Waals surface area (Å²) in [4.78, 5) is 29.2. The first-order chi connectivity index (χ1) is 17.4. The summed E-state index contributed by atoms with van der Waals surface area (Å²) in [5, 5.41) is 16.6. The van der Waals surface area contributed by atoms with Gasteiger partial charge in [-0.05, 0) is 50.1 Å². The molecular formula is C23H18BrClN8O3. The minimum atomic E-state index is -0.643. The van der Waals surface area contributed by atoms with Crippen LogP contribution in [-0.4, -0.2) is 42.0 Å². The highest BCUT2D eigenvalue weighted by Crippen LogP contribution is 2.39. The van der Waals surface area contributed by atoms with E-state index in [4.69, 9.17) is 21.8 Å². The van der Waals surface area contributed by atoms with E-state index in [-0.39, 0.29) is 16.8 Å². The standard InChI is InChI=1S/C23H18BrClN8O3/c1-2-16-27-20(25)18(21(26)34)33(16)10-11-7-8-15-14(9-11)17(24)19(36-15)12-5-3-4-6-13(12)22(35)28-23-29-31-32-30-23/h3-9H,2,10H2,1H3,(H2,26,34)(H2,28,29,30,31,32,35). The van der Waals surface area contributed by atoms with E-state index < -0.39 is 11.8 Å². The first kappa shape index (κ1) is 23.7.